The average molecular weight is 706 g/mol. The third kappa shape index (κ3) is 6.57. The third-order valence-corrected chi connectivity index (χ3v) is 13.0. The van der Waals surface area contributed by atoms with E-state index in [0.717, 1.165) is 27.8 Å². The molecule has 0 bridgehead atoms. The van der Waals surface area contributed by atoms with Gasteiger partial charge in [0.05, 0.1) is 8.07 Å². The highest BCUT2D eigenvalue weighted by atomic mass is 28.3. The number of benzene rings is 6. The predicted octanol–water partition coefficient (Wildman–Crippen LogP) is 12.4. The van der Waals surface area contributed by atoms with Gasteiger partial charge in [-0.25, -0.2) is 15.0 Å². The molecule has 0 saturated carbocycles. The molecule has 0 amide bonds. The van der Waals surface area contributed by atoms with E-state index in [1.807, 2.05) is 0 Å². The lowest BCUT2D eigenvalue weighted by molar-refractivity contribution is 0.590. The topological polar surface area (TPSA) is 38.7 Å². The van der Waals surface area contributed by atoms with Crippen molar-refractivity contribution in [3.63, 3.8) is 0 Å². The molecule has 6 aromatic carbocycles. The first-order chi connectivity index (χ1) is 25.3. The standard InChI is InChI=1S/C49H47N3Si/c1-48(2,3)39-24-19-32(20-25-39)45-50-46(33-21-26-40(27-22-33)53(6,7)8)52-47(51-45)38-16-12-15-36(30-38)34-13-11-14-35(29-34)37-23-28-44-42(31-37)41-17-9-10-18-43(41)49(44,4)5/h9-31H,1-8H3. The van der Waals surface area contributed by atoms with E-state index in [1.165, 1.54) is 44.1 Å². The van der Waals surface area contributed by atoms with Gasteiger partial charge in [0.15, 0.2) is 17.5 Å². The molecule has 1 aromatic heterocycles. The molecule has 1 aliphatic rings. The van der Waals surface area contributed by atoms with E-state index in [-0.39, 0.29) is 10.8 Å². The van der Waals surface area contributed by atoms with Crippen LogP contribution in [0.5, 0.6) is 0 Å². The number of fused-ring (bicyclic) bond motifs is 3. The van der Waals surface area contributed by atoms with Crippen LogP contribution in [-0.2, 0) is 10.8 Å². The highest BCUT2D eigenvalue weighted by Gasteiger charge is 2.35. The van der Waals surface area contributed by atoms with E-state index >= 15 is 0 Å². The Hall–Kier alpha value is -5.45. The normalized spacial score (nSPS) is 13.4. The zero-order valence-electron chi connectivity index (χ0n) is 32.1. The van der Waals surface area contributed by atoms with Crippen LogP contribution < -0.4 is 5.19 Å². The summed E-state index contributed by atoms with van der Waals surface area (Å²) in [5.74, 6) is 2.02. The number of nitrogens with zero attached hydrogens (tertiary/aromatic N) is 3. The molecular weight excluding hydrogens is 659 g/mol. The molecule has 0 unspecified atom stereocenters. The van der Waals surface area contributed by atoms with Crippen LogP contribution in [0.4, 0.5) is 0 Å². The van der Waals surface area contributed by atoms with Crippen molar-refractivity contribution in [3.05, 3.63) is 156 Å². The molecule has 7 aromatic rings. The van der Waals surface area contributed by atoms with Crippen LogP contribution >= 0.6 is 0 Å². The molecule has 1 aliphatic carbocycles. The minimum atomic E-state index is -1.45. The largest absolute Gasteiger partial charge is 0.208 e. The van der Waals surface area contributed by atoms with Crippen LogP contribution in [0, 0.1) is 0 Å². The lowest BCUT2D eigenvalue weighted by atomic mass is 9.82. The van der Waals surface area contributed by atoms with Gasteiger partial charge in [0.1, 0.15) is 0 Å². The molecule has 1 heterocycles. The van der Waals surface area contributed by atoms with Crippen molar-refractivity contribution in [3.8, 4) is 67.5 Å². The van der Waals surface area contributed by atoms with Crippen LogP contribution in [0.2, 0.25) is 19.6 Å². The molecule has 4 heteroatoms. The fourth-order valence-corrected chi connectivity index (χ4v) is 8.78. The summed E-state index contributed by atoms with van der Waals surface area (Å²) in [6.45, 7) is 18.5. The molecule has 8 rings (SSSR count). The van der Waals surface area contributed by atoms with Gasteiger partial charge in [-0.15, -0.1) is 0 Å². The summed E-state index contributed by atoms with van der Waals surface area (Å²) in [4.78, 5) is 15.2. The molecule has 0 saturated heterocycles. The van der Waals surface area contributed by atoms with Crippen LogP contribution in [-0.4, -0.2) is 23.0 Å². The van der Waals surface area contributed by atoms with Gasteiger partial charge in [-0.2, -0.15) is 0 Å². The van der Waals surface area contributed by atoms with Crippen molar-refractivity contribution >= 4 is 13.3 Å². The van der Waals surface area contributed by atoms with Gasteiger partial charge in [0.2, 0.25) is 0 Å². The smallest absolute Gasteiger partial charge is 0.164 e. The predicted molar refractivity (Wildman–Crippen MR) is 226 cm³/mol. The monoisotopic (exact) mass is 705 g/mol. The van der Waals surface area contributed by atoms with Crippen molar-refractivity contribution in [2.75, 3.05) is 0 Å². The molecule has 0 aliphatic heterocycles. The quantitative estimate of drug-likeness (QED) is 0.162. The highest BCUT2D eigenvalue weighted by molar-refractivity contribution is 6.88. The van der Waals surface area contributed by atoms with Crippen LogP contribution in [0.3, 0.4) is 0 Å². The first kappa shape index (κ1) is 34.6. The Bertz CT molecular complexity index is 2400. The van der Waals surface area contributed by atoms with E-state index in [9.17, 15) is 0 Å². The van der Waals surface area contributed by atoms with E-state index in [4.69, 9.17) is 15.0 Å². The van der Waals surface area contributed by atoms with E-state index in [1.54, 1.807) is 0 Å². The molecule has 3 nitrogen and oxygen atoms in total. The summed E-state index contributed by atoms with van der Waals surface area (Å²) >= 11 is 0. The molecular formula is C49H47N3Si. The zero-order valence-corrected chi connectivity index (χ0v) is 33.1. The molecule has 262 valence electrons. The van der Waals surface area contributed by atoms with Crippen LogP contribution in [0.1, 0.15) is 51.3 Å². The maximum Gasteiger partial charge on any atom is 0.164 e. The first-order valence-electron chi connectivity index (χ1n) is 18.7. The zero-order chi connectivity index (χ0) is 37.1. The van der Waals surface area contributed by atoms with Crippen molar-refractivity contribution in [2.45, 2.75) is 65.1 Å². The van der Waals surface area contributed by atoms with Crippen LogP contribution in [0.15, 0.2) is 140 Å². The third-order valence-electron chi connectivity index (χ3n) is 10.9. The lowest BCUT2D eigenvalue weighted by Crippen LogP contribution is -2.37. The second-order valence-electron chi connectivity index (χ2n) is 17.1. The van der Waals surface area contributed by atoms with E-state index in [0.29, 0.717) is 17.5 Å². The fourth-order valence-electron chi connectivity index (χ4n) is 7.62. The first-order valence-corrected chi connectivity index (χ1v) is 22.2. The summed E-state index contributed by atoms with van der Waals surface area (Å²) in [6, 6.07) is 50.7. The lowest BCUT2D eigenvalue weighted by Gasteiger charge is -2.21. The van der Waals surface area contributed by atoms with Gasteiger partial charge in [-0.3, -0.25) is 0 Å². The molecule has 0 radical (unpaired) electrons. The van der Waals surface area contributed by atoms with Gasteiger partial charge in [-0.05, 0) is 73.7 Å². The minimum absolute atomic E-state index is 0.00515. The Morgan fingerprint density at radius 1 is 0.434 bits per heavy atom. The van der Waals surface area contributed by atoms with Crippen molar-refractivity contribution in [1.29, 1.82) is 0 Å². The Labute approximate surface area is 315 Å². The van der Waals surface area contributed by atoms with E-state index < -0.39 is 8.07 Å². The van der Waals surface area contributed by atoms with Gasteiger partial charge >= 0.3 is 0 Å². The number of rotatable bonds is 6. The summed E-state index contributed by atoms with van der Waals surface area (Å²) in [6.07, 6.45) is 0. The molecule has 0 fully saturated rings. The van der Waals surface area contributed by atoms with E-state index in [2.05, 4.69) is 194 Å². The maximum absolute atomic E-state index is 5.10. The summed E-state index contributed by atoms with van der Waals surface area (Å²) in [7, 11) is -1.45. The SMILES string of the molecule is CC(C)(C)c1ccc(-c2nc(-c3ccc([Si](C)(C)C)cc3)nc(-c3cccc(-c4cccc(-c5ccc6c(c5)-c5ccccc5C6(C)C)c4)c3)n2)cc1. The second-order valence-corrected chi connectivity index (χ2v) is 22.1. The molecule has 53 heavy (non-hydrogen) atoms. The number of hydrogen-bond acceptors (Lipinski definition) is 3. The van der Waals surface area contributed by atoms with Crippen molar-refractivity contribution < 1.29 is 0 Å². The minimum Gasteiger partial charge on any atom is -0.208 e. The summed E-state index contributed by atoms with van der Waals surface area (Å²) in [5.41, 5.74) is 14.4. The van der Waals surface area contributed by atoms with Gasteiger partial charge in [0.25, 0.3) is 0 Å². The molecule has 0 spiro atoms. The summed E-state index contributed by atoms with van der Waals surface area (Å²) in [5, 5.41) is 1.41. The highest BCUT2D eigenvalue weighted by Crippen LogP contribution is 2.49. The average Bonchev–Trinajstić information content (AvgIpc) is 3.39. The Morgan fingerprint density at radius 3 is 1.45 bits per heavy atom. The number of aromatic nitrogens is 3. The maximum atomic E-state index is 5.10. The van der Waals surface area contributed by atoms with Gasteiger partial charge in [0, 0.05) is 22.1 Å². The van der Waals surface area contributed by atoms with Crippen molar-refractivity contribution in [1.82, 2.24) is 15.0 Å². The van der Waals surface area contributed by atoms with Gasteiger partial charge in [-0.1, -0.05) is 181 Å². The Balaban J connectivity index is 1.18. The Morgan fingerprint density at radius 2 is 0.887 bits per heavy atom. The fraction of sp³-hybridized carbons (Fsp3) is 0.204. The van der Waals surface area contributed by atoms with Gasteiger partial charge < -0.3 is 0 Å². The Kier molecular flexibility index (Phi) is 8.42. The molecule has 0 atom stereocenters. The molecule has 0 N–H and O–H groups in total. The summed E-state index contributed by atoms with van der Waals surface area (Å²) < 4.78 is 0. The number of hydrogen-bond donors (Lipinski definition) is 0. The second kappa shape index (κ2) is 12.9. The van der Waals surface area contributed by atoms with Crippen LogP contribution in [0.25, 0.3) is 67.5 Å². The van der Waals surface area contributed by atoms with Crippen molar-refractivity contribution in [2.24, 2.45) is 0 Å².